The van der Waals surface area contributed by atoms with Gasteiger partial charge in [-0.05, 0) is 25.8 Å². The van der Waals surface area contributed by atoms with Crippen LogP contribution in [-0.2, 0) is 0 Å². The van der Waals surface area contributed by atoms with Crippen LogP contribution in [0.3, 0.4) is 0 Å². The van der Waals surface area contributed by atoms with Crippen LogP contribution in [-0.4, -0.2) is 10.5 Å². The summed E-state index contributed by atoms with van der Waals surface area (Å²) >= 11 is 11.9. The Morgan fingerprint density at radius 2 is 1.88 bits per heavy atom. The second-order valence-electron chi connectivity index (χ2n) is 4.08. The van der Waals surface area contributed by atoms with Crippen LogP contribution in [0.15, 0.2) is 6.07 Å². The van der Waals surface area contributed by atoms with Gasteiger partial charge in [0.25, 0.3) is 0 Å². The van der Waals surface area contributed by atoms with E-state index in [2.05, 4.69) is 31.1 Å². The highest BCUT2D eigenvalue weighted by Gasteiger charge is 2.21. The zero-order valence-electron chi connectivity index (χ0n) is 9.77. The highest BCUT2D eigenvalue weighted by molar-refractivity contribution is 6.37. The zero-order valence-corrected chi connectivity index (χ0v) is 11.3. The van der Waals surface area contributed by atoms with Crippen molar-refractivity contribution in [2.24, 2.45) is 0 Å². The maximum Gasteiger partial charge on any atom is 0.147 e. The normalized spacial score (nSPS) is 11.6. The number of hydrogen-bond acceptors (Lipinski definition) is 3. The molecule has 3 nitrogen and oxygen atoms in total. The van der Waals surface area contributed by atoms with Crippen LogP contribution in [0.4, 0.5) is 11.6 Å². The monoisotopic (exact) mass is 261 g/mol. The largest absolute Gasteiger partial charge is 0.382 e. The van der Waals surface area contributed by atoms with Gasteiger partial charge in [-0.2, -0.15) is 0 Å². The van der Waals surface area contributed by atoms with E-state index in [4.69, 9.17) is 28.9 Å². The number of hydrogen-bond donors (Lipinski definition) is 2. The molecule has 0 radical (unpaired) electrons. The fraction of sp³-hybridized carbons (Fsp3) is 0.545. The third kappa shape index (κ3) is 2.92. The van der Waals surface area contributed by atoms with E-state index < -0.39 is 0 Å². The molecule has 0 bridgehead atoms. The van der Waals surface area contributed by atoms with Crippen molar-refractivity contribution in [1.29, 1.82) is 0 Å². The molecule has 0 saturated heterocycles. The lowest BCUT2D eigenvalue weighted by atomic mass is 9.96. The van der Waals surface area contributed by atoms with Crippen molar-refractivity contribution >= 4 is 34.8 Å². The molecule has 16 heavy (non-hydrogen) atoms. The molecule has 5 heteroatoms. The predicted molar refractivity (Wildman–Crippen MR) is 71.3 cm³/mol. The molecule has 0 aliphatic rings. The summed E-state index contributed by atoms with van der Waals surface area (Å²) in [4.78, 5) is 4.16. The third-order valence-electron chi connectivity index (χ3n) is 2.94. The van der Waals surface area contributed by atoms with Crippen LogP contribution in [0.5, 0.6) is 0 Å². The summed E-state index contributed by atoms with van der Waals surface area (Å²) in [5.74, 6) is 0.887. The number of pyridine rings is 1. The number of nitrogen functional groups attached to an aromatic ring is 1. The van der Waals surface area contributed by atoms with E-state index in [0.717, 1.165) is 12.8 Å². The van der Waals surface area contributed by atoms with Gasteiger partial charge in [-0.1, -0.05) is 37.0 Å². The molecule has 0 fully saturated rings. The highest BCUT2D eigenvalue weighted by atomic mass is 35.5. The number of anilines is 2. The van der Waals surface area contributed by atoms with Crippen molar-refractivity contribution in [3.63, 3.8) is 0 Å². The van der Waals surface area contributed by atoms with Gasteiger partial charge in [-0.15, -0.1) is 0 Å². The fourth-order valence-electron chi connectivity index (χ4n) is 1.28. The van der Waals surface area contributed by atoms with E-state index in [9.17, 15) is 0 Å². The van der Waals surface area contributed by atoms with Gasteiger partial charge in [0, 0.05) is 5.54 Å². The lowest BCUT2D eigenvalue weighted by molar-refractivity contribution is 0.477. The Hall–Kier alpha value is -0.670. The topological polar surface area (TPSA) is 50.9 Å². The summed E-state index contributed by atoms with van der Waals surface area (Å²) in [7, 11) is 0. The summed E-state index contributed by atoms with van der Waals surface area (Å²) in [6, 6.07) is 1.61. The number of rotatable bonds is 4. The van der Waals surface area contributed by atoms with Gasteiger partial charge in [-0.3, -0.25) is 0 Å². The predicted octanol–water partition coefficient (Wildman–Crippen LogP) is 3.96. The molecule has 0 aromatic carbocycles. The third-order valence-corrected chi connectivity index (χ3v) is 3.53. The van der Waals surface area contributed by atoms with Crippen LogP contribution >= 0.6 is 23.2 Å². The van der Waals surface area contributed by atoms with Crippen LogP contribution in [0.2, 0.25) is 10.0 Å². The highest BCUT2D eigenvalue weighted by Crippen LogP contribution is 2.30. The molecule has 0 aliphatic heterocycles. The van der Waals surface area contributed by atoms with Crippen molar-refractivity contribution < 1.29 is 0 Å². The maximum absolute atomic E-state index is 6.06. The molecular formula is C11H17Cl2N3. The van der Waals surface area contributed by atoms with Gasteiger partial charge in [0.2, 0.25) is 0 Å². The van der Waals surface area contributed by atoms with Crippen LogP contribution in [0.1, 0.15) is 33.6 Å². The lowest BCUT2D eigenvalue weighted by Gasteiger charge is -2.29. The van der Waals surface area contributed by atoms with Crippen molar-refractivity contribution in [2.75, 3.05) is 11.1 Å². The van der Waals surface area contributed by atoms with Gasteiger partial charge in [0.1, 0.15) is 11.6 Å². The SMILES string of the molecule is CCC(C)(CC)Nc1nc(N)c(Cl)cc1Cl. The van der Waals surface area contributed by atoms with Gasteiger partial charge in [0.05, 0.1) is 10.0 Å². The summed E-state index contributed by atoms with van der Waals surface area (Å²) < 4.78 is 0. The first-order chi connectivity index (χ1) is 7.41. The van der Waals surface area contributed by atoms with E-state index in [1.165, 1.54) is 0 Å². The summed E-state index contributed by atoms with van der Waals surface area (Å²) in [6.07, 6.45) is 1.95. The Labute approximate surface area is 106 Å². The minimum atomic E-state index is -0.0308. The fourth-order valence-corrected chi connectivity index (χ4v) is 1.69. The molecule has 0 aliphatic carbocycles. The van der Waals surface area contributed by atoms with E-state index in [0.29, 0.717) is 21.7 Å². The molecular weight excluding hydrogens is 245 g/mol. The van der Waals surface area contributed by atoms with Crippen LogP contribution in [0.25, 0.3) is 0 Å². The number of aromatic nitrogens is 1. The van der Waals surface area contributed by atoms with Crippen molar-refractivity contribution in [3.8, 4) is 0 Å². The molecule has 0 spiro atoms. The minimum Gasteiger partial charge on any atom is -0.382 e. The summed E-state index contributed by atoms with van der Waals surface area (Å²) in [5, 5.41) is 4.18. The van der Waals surface area contributed by atoms with E-state index in [1.807, 2.05) is 0 Å². The maximum atomic E-state index is 6.06. The van der Waals surface area contributed by atoms with Crippen molar-refractivity contribution in [1.82, 2.24) is 4.98 Å². The first-order valence-electron chi connectivity index (χ1n) is 5.31. The number of halogens is 2. The van der Waals surface area contributed by atoms with Gasteiger partial charge in [-0.25, -0.2) is 4.98 Å². The smallest absolute Gasteiger partial charge is 0.147 e. The van der Waals surface area contributed by atoms with Crippen LogP contribution in [0, 0.1) is 0 Å². The van der Waals surface area contributed by atoms with Gasteiger partial charge in [0.15, 0.2) is 0 Å². The zero-order chi connectivity index (χ0) is 12.3. The minimum absolute atomic E-state index is 0.0308. The Bertz CT molecular complexity index is 376. The van der Waals surface area contributed by atoms with Crippen molar-refractivity contribution in [2.45, 2.75) is 39.2 Å². The molecule has 0 unspecified atom stereocenters. The summed E-state index contributed by atoms with van der Waals surface area (Å²) in [5.41, 5.74) is 5.62. The molecule has 1 aromatic heterocycles. The molecule has 1 heterocycles. The van der Waals surface area contributed by atoms with Crippen molar-refractivity contribution in [3.05, 3.63) is 16.1 Å². The number of nitrogens with two attached hydrogens (primary N) is 1. The Kier molecular flexibility index (Phi) is 4.28. The van der Waals surface area contributed by atoms with E-state index >= 15 is 0 Å². The van der Waals surface area contributed by atoms with E-state index in [-0.39, 0.29) is 5.54 Å². The second kappa shape index (κ2) is 5.11. The van der Waals surface area contributed by atoms with Gasteiger partial charge < -0.3 is 11.1 Å². The first kappa shape index (κ1) is 13.4. The molecule has 0 atom stereocenters. The lowest BCUT2D eigenvalue weighted by Crippen LogP contribution is -2.33. The Morgan fingerprint density at radius 1 is 1.31 bits per heavy atom. The molecule has 3 N–H and O–H groups in total. The Morgan fingerprint density at radius 3 is 2.38 bits per heavy atom. The molecule has 0 saturated carbocycles. The van der Waals surface area contributed by atoms with Gasteiger partial charge >= 0.3 is 0 Å². The second-order valence-corrected chi connectivity index (χ2v) is 4.89. The molecule has 1 rings (SSSR count). The number of nitrogens with zero attached hydrogens (tertiary/aromatic N) is 1. The van der Waals surface area contributed by atoms with Crippen LogP contribution < -0.4 is 11.1 Å². The molecule has 1 aromatic rings. The van der Waals surface area contributed by atoms with E-state index in [1.54, 1.807) is 6.07 Å². The number of nitrogens with one attached hydrogen (secondary N) is 1. The Balaban J connectivity index is 3.01. The standard InChI is InChI=1S/C11H17Cl2N3/c1-4-11(3,5-2)16-10-8(13)6-7(12)9(14)15-10/h6H,4-5H2,1-3H3,(H3,14,15,16). The molecule has 0 amide bonds. The average molecular weight is 262 g/mol. The first-order valence-corrected chi connectivity index (χ1v) is 6.07. The molecule has 90 valence electrons. The average Bonchev–Trinajstić information content (AvgIpc) is 2.25. The quantitative estimate of drug-likeness (QED) is 0.863. The summed E-state index contributed by atoms with van der Waals surface area (Å²) in [6.45, 7) is 6.35.